The summed E-state index contributed by atoms with van der Waals surface area (Å²) in [5.41, 5.74) is 5.27. The molecule has 20 heavy (non-hydrogen) atoms. The molecule has 2 aromatic rings. The highest BCUT2D eigenvalue weighted by molar-refractivity contribution is 5.87. The Balaban J connectivity index is 2.04. The number of nitrogens with zero attached hydrogens (tertiary/aromatic N) is 2. The number of nitrogens with one attached hydrogen (secondary N) is 1. The van der Waals surface area contributed by atoms with Crippen molar-refractivity contribution in [3.8, 4) is 5.75 Å². The van der Waals surface area contributed by atoms with Crippen LogP contribution in [-0.2, 0) is 0 Å². The Kier molecular flexibility index (Phi) is 3.46. The fraction of sp³-hybridized carbons (Fsp3) is 0.100. The molecular weight excluding hydrogens is 281 g/mol. The molecule has 7 nitrogen and oxygen atoms in total. The van der Waals surface area contributed by atoms with Gasteiger partial charge < -0.3 is 20.2 Å². The summed E-state index contributed by atoms with van der Waals surface area (Å²) >= 11 is 0. The molecule has 1 heterocycles. The minimum Gasteiger partial charge on any atom is -0.406 e. The van der Waals surface area contributed by atoms with Crippen LogP contribution >= 0.6 is 0 Å². The Morgan fingerprint density at radius 1 is 1.25 bits per heavy atom. The number of anilines is 2. The van der Waals surface area contributed by atoms with Gasteiger partial charge >= 0.3 is 24.2 Å². The number of primary amides is 1. The summed E-state index contributed by atoms with van der Waals surface area (Å²) in [5.74, 6) is -1.64. The fourth-order valence-corrected chi connectivity index (χ4v) is 1.24. The van der Waals surface area contributed by atoms with E-state index in [4.69, 9.17) is 10.2 Å². The molecule has 106 valence electrons. The topological polar surface area (TPSA) is 103 Å². The van der Waals surface area contributed by atoms with Gasteiger partial charge in [-0.1, -0.05) is 5.10 Å². The van der Waals surface area contributed by atoms with E-state index < -0.39 is 12.3 Å². The first-order valence-corrected chi connectivity index (χ1v) is 5.09. The summed E-state index contributed by atoms with van der Waals surface area (Å²) in [4.78, 5) is 10.7. The lowest BCUT2D eigenvalue weighted by Gasteiger charge is -2.09. The molecule has 0 aliphatic heterocycles. The van der Waals surface area contributed by atoms with E-state index >= 15 is 0 Å². The zero-order valence-corrected chi connectivity index (χ0v) is 9.64. The van der Waals surface area contributed by atoms with Gasteiger partial charge in [-0.2, -0.15) is 0 Å². The number of aromatic nitrogens is 2. The molecule has 0 saturated carbocycles. The lowest BCUT2D eigenvalue weighted by molar-refractivity contribution is -0.274. The summed E-state index contributed by atoms with van der Waals surface area (Å²) in [5, 5.41) is 9.41. The van der Waals surface area contributed by atoms with Gasteiger partial charge in [-0.3, -0.25) is 4.79 Å². The number of hydrogen-bond acceptors (Lipinski definition) is 6. The van der Waals surface area contributed by atoms with Crippen molar-refractivity contribution >= 4 is 17.6 Å². The highest BCUT2D eigenvalue weighted by Crippen LogP contribution is 2.24. The molecule has 0 aliphatic carbocycles. The van der Waals surface area contributed by atoms with E-state index in [2.05, 4.69) is 20.3 Å². The van der Waals surface area contributed by atoms with Crippen molar-refractivity contribution in [3.05, 3.63) is 30.2 Å². The van der Waals surface area contributed by atoms with Gasteiger partial charge in [0.2, 0.25) is 0 Å². The largest absolute Gasteiger partial charge is 0.573 e. The number of benzene rings is 1. The predicted octanol–water partition coefficient (Wildman–Crippen LogP) is 1.81. The van der Waals surface area contributed by atoms with E-state index in [1.54, 1.807) is 0 Å². The molecule has 1 aromatic heterocycles. The molecule has 2 rings (SSSR count). The summed E-state index contributed by atoms with van der Waals surface area (Å²) < 4.78 is 44.4. The van der Waals surface area contributed by atoms with Crippen molar-refractivity contribution in [1.82, 2.24) is 10.2 Å². The van der Waals surface area contributed by atoms with Crippen LogP contribution in [0.2, 0.25) is 0 Å². The van der Waals surface area contributed by atoms with Crippen LogP contribution < -0.4 is 15.8 Å². The van der Waals surface area contributed by atoms with Gasteiger partial charge in [0.25, 0.3) is 0 Å². The maximum absolute atomic E-state index is 12.0. The number of amides is 1. The van der Waals surface area contributed by atoms with Gasteiger partial charge in [-0.15, -0.1) is 18.3 Å². The van der Waals surface area contributed by atoms with Crippen molar-refractivity contribution in [3.63, 3.8) is 0 Å². The van der Waals surface area contributed by atoms with E-state index in [0.717, 1.165) is 12.1 Å². The van der Waals surface area contributed by atoms with E-state index in [1.165, 1.54) is 12.1 Å². The molecule has 0 spiro atoms. The first-order valence-electron chi connectivity index (χ1n) is 5.09. The SMILES string of the molecule is NC(=O)c1nnc(Nc2ccc(OC(F)(F)F)cc2)o1. The normalized spacial score (nSPS) is 11.2. The highest BCUT2D eigenvalue weighted by atomic mass is 19.4. The monoisotopic (exact) mass is 288 g/mol. The molecule has 1 aromatic carbocycles. The zero-order chi connectivity index (χ0) is 14.8. The summed E-state index contributed by atoms with van der Waals surface area (Å²) in [6.07, 6.45) is -4.75. The number of carbonyl (C=O) groups excluding carboxylic acids is 1. The van der Waals surface area contributed by atoms with E-state index in [-0.39, 0.29) is 17.7 Å². The maximum Gasteiger partial charge on any atom is 0.573 e. The molecule has 0 aliphatic rings. The summed E-state index contributed by atoms with van der Waals surface area (Å²) in [6, 6.07) is 4.68. The smallest absolute Gasteiger partial charge is 0.406 e. The number of nitrogens with two attached hydrogens (primary N) is 1. The molecule has 0 atom stereocenters. The second kappa shape index (κ2) is 5.07. The van der Waals surface area contributed by atoms with Crippen molar-refractivity contribution in [2.45, 2.75) is 6.36 Å². The van der Waals surface area contributed by atoms with E-state index in [9.17, 15) is 18.0 Å². The minimum atomic E-state index is -4.75. The zero-order valence-electron chi connectivity index (χ0n) is 9.64. The van der Waals surface area contributed by atoms with Crippen LogP contribution in [0.5, 0.6) is 5.75 Å². The van der Waals surface area contributed by atoms with Gasteiger partial charge in [0.05, 0.1) is 0 Å². The van der Waals surface area contributed by atoms with Gasteiger partial charge in [-0.05, 0) is 24.3 Å². The average Bonchev–Trinajstić information content (AvgIpc) is 2.78. The van der Waals surface area contributed by atoms with Crippen LogP contribution in [-0.4, -0.2) is 22.5 Å². The number of carbonyl (C=O) groups is 1. The van der Waals surface area contributed by atoms with Crippen LogP contribution in [0.3, 0.4) is 0 Å². The fourth-order valence-electron chi connectivity index (χ4n) is 1.24. The van der Waals surface area contributed by atoms with Crippen molar-refractivity contribution < 1.29 is 27.1 Å². The maximum atomic E-state index is 12.0. The Morgan fingerprint density at radius 3 is 2.40 bits per heavy atom. The quantitative estimate of drug-likeness (QED) is 0.889. The lowest BCUT2D eigenvalue weighted by Crippen LogP contribution is -2.16. The van der Waals surface area contributed by atoms with Crippen LogP contribution in [0.15, 0.2) is 28.7 Å². The van der Waals surface area contributed by atoms with Crippen LogP contribution in [0.1, 0.15) is 10.7 Å². The average molecular weight is 288 g/mol. The predicted molar refractivity (Wildman–Crippen MR) is 59.2 cm³/mol. The van der Waals surface area contributed by atoms with Crippen LogP contribution in [0, 0.1) is 0 Å². The molecule has 3 N–H and O–H groups in total. The molecule has 0 saturated heterocycles. The standard InChI is InChI=1S/C10H7F3N4O3/c11-10(12,13)20-6-3-1-5(2-4-6)15-9-17-16-8(19-9)7(14)18/h1-4H,(H2,14,18)(H,15,17). The third-order valence-corrected chi connectivity index (χ3v) is 1.97. The molecular formula is C10H7F3N4O3. The van der Waals surface area contributed by atoms with Gasteiger partial charge in [0.1, 0.15) is 5.75 Å². The molecule has 0 unspecified atom stereocenters. The highest BCUT2D eigenvalue weighted by Gasteiger charge is 2.30. The van der Waals surface area contributed by atoms with Gasteiger partial charge in [0, 0.05) is 5.69 Å². The van der Waals surface area contributed by atoms with Crippen molar-refractivity contribution in [1.29, 1.82) is 0 Å². The lowest BCUT2D eigenvalue weighted by atomic mass is 10.3. The third kappa shape index (κ3) is 3.60. The summed E-state index contributed by atoms with van der Waals surface area (Å²) in [7, 11) is 0. The van der Waals surface area contributed by atoms with Gasteiger partial charge in [0.15, 0.2) is 0 Å². The second-order valence-electron chi connectivity index (χ2n) is 3.47. The molecule has 10 heteroatoms. The molecule has 0 bridgehead atoms. The van der Waals surface area contributed by atoms with Crippen molar-refractivity contribution in [2.75, 3.05) is 5.32 Å². The van der Waals surface area contributed by atoms with Gasteiger partial charge in [-0.25, -0.2) is 0 Å². The first kappa shape index (κ1) is 13.6. The number of hydrogen-bond donors (Lipinski definition) is 2. The second-order valence-corrected chi connectivity index (χ2v) is 3.47. The number of ether oxygens (including phenoxy) is 1. The Bertz CT molecular complexity index is 609. The Hall–Kier alpha value is -2.78. The molecule has 0 fully saturated rings. The number of alkyl halides is 3. The van der Waals surface area contributed by atoms with Crippen molar-refractivity contribution in [2.24, 2.45) is 5.73 Å². The van der Waals surface area contributed by atoms with E-state index in [0.29, 0.717) is 5.69 Å². The van der Waals surface area contributed by atoms with E-state index in [1.807, 2.05) is 0 Å². The Morgan fingerprint density at radius 2 is 1.90 bits per heavy atom. The van der Waals surface area contributed by atoms with Crippen LogP contribution in [0.4, 0.5) is 24.9 Å². The molecule has 0 radical (unpaired) electrons. The number of rotatable bonds is 4. The third-order valence-electron chi connectivity index (χ3n) is 1.97. The number of halogens is 3. The Labute approximate surface area is 109 Å². The van der Waals surface area contributed by atoms with Crippen LogP contribution in [0.25, 0.3) is 0 Å². The minimum absolute atomic E-state index is 0.122. The molecule has 1 amide bonds. The summed E-state index contributed by atoms with van der Waals surface area (Å²) in [6.45, 7) is 0. The first-order chi connectivity index (χ1) is 9.33.